The maximum Gasteiger partial charge on any atom is 0.358 e. The number of esters is 1. The van der Waals surface area contributed by atoms with Crippen molar-refractivity contribution in [3.63, 3.8) is 0 Å². The topological polar surface area (TPSA) is 65.0 Å². The molecule has 7 heteroatoms. The Hall–Kier alpha value is -1.86. The van der Waals surface area contributed by atoms with Crippen LogP contribution in [0.5, 0.6) is 0 Å². The normalized spacial score (nSPS) is 10.8. The first-order chi connectivity index (χ1) is 9.29. The number of thiophene rings is 1. The molecule has 0 fully saturated rings. The van der Waals surface area contributed by atoms with E-state index >= 15 is 0 Å². The maximum atomic E-state index is 12.0. The zero-order valence-electron chi connectivity index (χ0n) is 9.99. The van der Waals surface area contributed by atoms with E-state index in [9.17, 15) is 4.79 Å². The molecule has 0 amide bonds. The van der Waals surface area contributed by atoms with Crippen molar-refractivity contribution >= 4 is 38.9 Å². The molecule has 0 aliphatic carbocycles. The molecule has 3 rings (SSSR count). The van der Waals surface area contributed by atoms with Gasteiger partial charge in [0.15, 0.2) is 11.5 Å². The van der Waals surface area contributed by atoms with Crippen molar-refractivity contribution in [2.45, 2.75) is 6.92 Å². The molecule has 0 atom stereocenters. The van der Waals surface area contributed by atoms with Gasteiger partial charge < -0.3 is 4.74 Å². The van der Waals surface area contributed by atoms with Crippen molar-refractivity contribution in [1.82, 2.24) is 15.0 Å². The predicted octanol–water partition coefficient (Wildman–Crippen LogP) is 2.99. The number of fused-ring (bicyclic) bond motifs is 1. The second-order valence-corrected chi connectivity index (χ2v) is 5.42. The highest BCUT2D eigenvalue weighted by molar-refractivity contribution is 7.17. The third kappa shape index (κ3) is 2.22. The van der Waals surface area contributed by atoms with Gasteiger partial charge in [0.25, 0.3) is 0 Å². The van der Waals surface area contributed by atoms with Crippen LogP contribution in [0.15, 0.2) is 23.2 Å². The van der Waals surface area contributed by atoms with Gasteiger partial charge in [0, 0.05) is 6.20 Å². The van der Waals surface area contributed by atoms with Gasteiger partial charge in [-0.1, -0.05) is 0 Å². The molecule has 0 aliphatic rings. The summed E-state index contributed by atoms with van der Waals surface area (Å²) in [7, 11) is 0. The summed E-state index contributed by atoms with van der Waals surface area (Å²) in [6, 6.07) is 1.87. The van der Waals surface area contributed by atoms with Crippen LogP contribution in [-0.4, -0.2) is 27.5 Å². The molecule has 3 heterocycles. The van der Waals surface area contributed by atoms with Crippen molar-refractivity contribution in [2.75, 3.05) is 6.61 Å². The van der Waals surface area contributed by atoms with E-state index in [1.165, 1.54) is 22.7 Å². The minimum Gasteiger partial charge on any atom is -0.461 e. The van der Waals surface area contributed by atoms with Crippen LogP contribution in [0.1, 0.15) is 17.4 Å². The first kappa shape index (κ1) is 12.2. The first-order valence-corrected chi connectivity index (χ1v) is 7.36. The molecule has 0 bridgehead atoms. The lowest BCUT2D eigenvalue weighted by atomic mass is 10.3. The molecule has 0 N–H and O–H groups in total. The largest absolute Gasteiger partial charge is 0.461 e. The zero-order chi connectivity index (χ0) is 13.2. The third-order valence-electron chi connectivity index (χ3n) is 2.43. The third-order valence-corrected chi connectivity index (χ3v) is 4.10. The summed E-state index contributed by atoms with van der Waals surface area (Å²) in [4.78, 5) is 25.6. The van der Waals surface area contributed by atoms with Gasteiger partial charge in [-0.3, -0.25) is 4.98 Å². The Balaban J connectivity index is 2.18. The quantitative estimate of drug-likeness (QED) is 0.694. The van der Waals surface area contributed by atoms with Crippen molar-refractivity contribution < 1.29 is 9.53 Å². The van der Waals surface area contributed by atoms with Crippen LogP contribution in [-0.2, 0) is 4.74 Å². The molecule has 3 aromatic rings. The van der Waals surface area contributed by atoms with Crippen LogP contribution in [0.4, 0.5) is 0 Å². The molecule has 96 valence electrons. The SMILES string of the molecule is CCOC(=O)c1nc(-c2cncs2)nc2ccsc12. The van der Waals surface area contributed by atoms with Crippen LogP contribution in [0.25, 0.3) is 20.9 Å². The Morgan fingerprint density at radius 3 is 3.00 bits per heavy atom. The van der Waals surface area contributed by atoms with E-state index in [4.69, 9.17) is 4.74 Å². The van der Waals surface area contributed by atoms with E-state index in [2.05, 4.69) is 15.0 Å². The van der Waals surface area contributed by atoms with Gasteiger partial charge in [0.1, 0.15) is 0 Å². The highest BCUT2D eigenvalue weighted by atomic mass is 32.1. The molecular weight excluding hydrogens is 282 g/mol. The summed E-state index contributed by atoms with van der Waals surface area (Å²) in [5, 5.41) is 1.89. The Morgan fingerprint density at radius 1 is 1.37 bits per heavy atom. The molecule has 19 heavy (non-hydrogen) atoms. The summed E-state index contributed by atoms with van der Waals surface area (Å²) in [5.74, 6) is 0.0968. The summed E-state index contributed by atoms with van der Waals surface area (Å²) >= 11 is 2.87. The lowest BCUT2D eigenvalue weighted by Gasteiger charge is -2.04. The average Bonchev–Trinajstić information content (AvgIpc) is 3.08. The Bertz CT molecular complexity index is 722. The Morgan fingerprint density at radius 2 is 2.26 bits per heavy atom. The lowest BCUT2D eigenvalue weighted by Crippen LogP contribution is -2.08. The van der Waals surface area contributed by atoms with Crippen molar-refractivity contribution in [3.8, 4) is 10.7 Å². The number of ether oxygens (including phenoxy) is 1. The van der Waals surface area contributed by atoms with Gasteiger partial charge in [-0.2, -0.15) is 0 Å². The van der Waals surface area contributed by atoms with Crippen LogP contribution in [0, 0.1) is 0 Å². The standard InChI is InChI=1S/C12H9N3O2S2/c1-2-17-12(16)9-10-7(3-4-18-10)14-11(15-9)8-5-13-6-19-8/h3-6H,2H2,1H3. The second kappa shape index (κ2) is 5.02. The molecule has 5 nitrogen and oxygen atoms in total. The number of aromatic nitrogens is 3. The lowest BCUT2D eigenvalue weighted by molar-refractivity contribution is 0.0522. The summed E-state index contributed by atoms with van der Waals surface area (Å²) < 4.78 is 5.80. The van der Waals surface area contributed by atoms with Gasteiger partial charge in [-0.15, -0.1) is 22.7 Å². The van der Waals surface area contributed by atoms with E-state index in [0.29, 0.717) is 18.1 Å². The molecule has 0 unspecified atom stereocenters. The summed E-state index contributed by atoms with van der Waals surface area (Å²) in [5.41, 5.74) is 2.79. The van der Waals surface area contributed by atoms with E-state index in [1.54, 1.807) is 18.6 Å². The Labute approximate surface area is 116 Å². The van der Waals surface area contributed by atoms with E-state index < -0.39 is 5.97 Å². The average molecular weight is 291 g/mol. The maximum absolute atomic E-state index is 12.0. The van der Waals surface area contributed by atoms with Crippen molar-refractivity contribution in [2.24, 2.45) is 0 Å². The number of hydrogen-bond acceptors (Lipinski definition) is 7. The molecule has 0 saturated carbocycles. The Kier molecular flexibility index (Phi) is 3.22. The fraction of sp³-hybridized carbons (Fsp3) is 0.167. The second-order valence-electron chi connectivity index (χ2n) is 3.62. The zero-order valence-corrected chi connectivity index (χ0v) is 11.6. The summed E-state index contributed by atoms with van der Waals surface area (Å²) in [6.45, 7) is 2.10. The monoisotopic (exact) mass is 291 g/mol. The minimum absolute atomic E-state index is 0.324. The number of carbonyl (C=O) groups excluding carboxylic acids is 1. The molecule has 0 aromatic carbocycles. The molecule has 0 spiro atoms. The van der Waals surface area contributed by atoms with Crippen LogP contribution >= 0.6 is 22.7 Å². The number of rotatable bonds is 3. The molecular formula is C12H9N3O2S2. The number of hydrogen-bond donors (Lipinski definition) is 0. The first-order valence-electron chi connectivity index (χ1n) is 5.61. The highest BCUT2D eigenvalue weighted by Crippen LogP contribution is 2.27. The van der Waals surface area contributed by atoms with Crippen LogP contribution in [0.2, 0.25) is 0 Å². The number of thiazole rings is 1. The van der Waals surface area contributed by atoms with Crippen molar-refractivity contribution in [1.29, 1.82) is 0 Å². The molecule has 0 radical (unpaired) electrons. The fourth-order valence-electron chi connectivity index (χ4n) is 1.64. The number of nitrogens with zero attached hydrogens (tertiary/aromatic N) is 3. The fourth-order valence-corrected chi connectivity index (χ4v) is 3.00. The van der Waals surface area contributed by atoms with E-state index in [-0.39, 0.29) is 0 Å². The molecule has 0 aliphatic heterocycles. The minimum atomic E-state index is -0.414. The van der Waals surface area contributed by atoms with Gasteiger partial charge >= 0.3 is 5.97 Å². The van der Waals surface area contributed by atoms with Gasteiger partial charge in [-0.25, -0.2) is 14.8 Å². The van der Waals surface area contributed by atoms with E-state index in [0.717, 1.165) is 15.1 Å². The van der Waals surface area contributed by atoms with Gasteiger partial charge in [-0.05, 0) is 18.4 Å². The van der Waals surface area contributed by atoms with Crippen LogP contribution < -0.4 is 0 Å². The summed E-state index contributed by atoms with van der Waals surface area (Å²) in [6.07, 6.45) is 1.69. The highest BCUT2D eigenvalue weighted by Gasteiger charge is 2.18. The van der Waals surface area contributed by atoms with E-state index in [1.807, 2.05) is 11.4 Å². The smallest absolute Gasteiger partial charge is 0.358 e. The predicted molar refractivity (Wildman–Crippen MR) is 74.5 cm³/mol. The number of carbonyl (C=O) groups is 1. The molecule has 3 aromatic heterocycles. The van der Waals surface area contributed by atoms with Gasteiger partial charge in [0.2, 0.25) is 0 Å². The van der Waals surface area contributed by atoms with Crippen LogP contribution in [0.3, 0.4) is 0 Å². The molecule has 0 saturated heterocycles. The van der Waals surface area contributed by atoms with Gasteiger partial charge in [0.05, 0.1) is 27.2 Å². The van der Waals surface area contributed by atoms with Crippen molar-refractivity contribution in [3.05, 3.63) is 28.8 Å².